The lowest BCUT2D eigenvalue weighted by molar-refractivity contribution is -0.140. The van der Waals surface area contributed by atoms with Crippen LogP contribution in [0, 0.1) is 11.8 Å². The molecular formula is C13H24N2O4. The summed E-state index contributed by atoms with van der Waals surface area (Å²) in [5.74, 6) is -0.766. The standard InChI is InChI=1S/C13H24N2O4/c1-3-9(2)11(12(16)17)15-13(18)14-7-10-5-4-6-19-8-10/h9-11H,3-8H2,1-2H3,(H,16,17)(H2,14,15,18)/t9-,10?,11-/m0/s1. The number of aliphatic carboxylic acids is 1. The van der Waals surface area contributed by atoms with Gasteiger partial charge in [-0.2, -0.15) is 0 Å². The maximum atomic E-state index is 11.7. The minimum absolute atomic E-state index is 0.0961. The monoisotopic (exact) mass is 272 g/mol. The summed E-state index contributed by atoms with van der Waals surface area (Å²) in [6, 6.07) is -1.26. The van der Waals surface area contributed by atoms with Crippen LogP contribution in [-0.4, -0.2) is 42.9 Å². The van der Waals surface area contributed by atoms with Crippen molar-refractivity contribution in [2.45, 2.75) is 39.2 Å². The highest BCUT2D eigenvalue weighted by atomic mass is 16.5. The van der Waals surface area contributed by atoms with Crippen LogP contribution >= 0.6 is 0 Å². The lowest BCUT2D eigenvalue weighted by Gasteiger charge is -2.24. The van der Waals surface area contributed by atoms with Gasteiger partial charge >= 0.3 is 12.0 Å². The van der Waals surface area contributed by atoms with E-state index in [1.807, 2.05) is 13.8 Å². The first-order valence-electron chi connectivity index (χ1n) is 6.89. The SMILES string of the molecule is CC[C@H](C)[C@H](NC(=O)NCC1CCCOC1)C(=O)O. The highest BCUT2D eigenvalue weighted by Crippen LogP contribution is 2.12. The molecule has 1 unspecified atom stereocenters. The van der Waals surface area contributed by atoms with Crippen molar-refractivity contribution in [3.05, 3.63) is 0 Å². The zero-order valence-electron chi connectivity index (χ0n) is 11.6. The van der Waals surface area contributed by atoms with Crippen LogP contribution in [0.5, 0.6) is 0 Å². The molecule has 2 amide bonds. The normalized spacial score (nSPS) is 22.3. The molecule has 1 aliphatic heterocycles. The van der Waals surface area contributed by atoms with Gasteiger partial charge < -0.3 is 20.5 Å². The summed E-state index contributed by atoms with van der Waals surface area (Å²) < 4.78 is 5.32. The van der Waals surface area contributed by atoms with Gasteiger partial charge in [0.1, 0.15) is 6.04 Å². The number of carbonyl (C=O) groups is 2. The zero-order valence-corrected chi connectivity index (χ0v) is 11.6. The van der Waals surface area contributed by atoms with Crippen molar-refractivity contribution in [2.75, 3.05) is 19.8 Å². The Morgan fingerprint density at radius 2 is 2.21 bits per heavy atom. The molecular weight excluding hydrogens is 248 g/mol. The van der Waals surface area contributed by atoms with Gasteiger partial charge in [-0.25, -0.2) is 9.59 Å². The Kier molecular flexibility index (Phi) is 6.62. The van der Waals surface area contributed by atoms with Crippen LogP contribution < -0.4 is 10.6 Å². The van der Waals surface area contributed by atoms with E-state index in [1.54, 1.807) is 0 Å². The average Bonchev–Trinajstić information content (AvgIpc) is 2.42. The Hall–Kier alpha value is -1.30. The fraction of sp³-hybridized carbons (Fsp3) is 0.846. The van der Waals surface area contributed by atoms with Crippen molar-refractivity contribution >= 4 is 12.0 Å². The zero-order chi connectivity index (χ0) is 14.3. The molecule has 3 atom stereocenters. The first-order chi connectivity index (χ1) is 9.04. The molecule has 1 fully saturated rings. The molecule has 0 radical (unpaired) electrons. The van der Waals surface area contributed by atoms with Crippen LogP contribution in [0.1, 0.15) is 33.1 Å². The van der Waals surface area contributed by atoms with E-state index >= 15 is 0 Å². The van der Waals surface area contributed by atoms with Crippen LogP contribution in [-0.2, 0) is 9.53 Å². The maximum Gasteiger partial charge on any atom is 0.326 e. The Balaban J connectivity index is 2.33. The molecule has 6 heteroatoms. The molecule has 0 spiro atoms. The van der Waals surface area contributed by atoms with Crippen LogP contribution in [0.4, 0.5) is 4.79 Å². The third kappa shape index (κ3) is 5.46. The molecule has 0 aromatic heterocycles. The molecule has 19 heavy (non-hydrogen) atoms. The van der Waals surface area contributed by atoms with Gasteiger partial charge in [0, 0.05) is 13.2 Å². The number of hydrogen-bond donors (Lipinski definition) is 3. The Morgan fingerprint density at radius 1 is 1.47 bits per heavy atom. The highest BCUT2D eigenvalue weighted by molar-refractivity contribution is 5.82. The van der Waals surface area contributed by atoms with Gasteiger partial charge in [0.25, 0.3) is 0 Å². The molecule has 1 aliphatic rings. The Bertz CT molecular complexity index is 303. The summed E-state index contributed by atoms with van der Waals surface area (Å²) in [6.45, 7) is 5.69. The number of ether oxygens (including phenoxy) is 1. The second-order valence-electron chi connectivity index (χ2n) is 5.14. The summed E-state index contributed by atoms with van der Waals surface area (Å²) in [6.07, 6.45) is 2.75. The van der Waals surface area contributed by atoms with Gasteiger partial charge in [0.2, 0.25) is 0 Å². The van der Waals surface area contributed by atoms with E-state index in [0.29, 0.717) is 25.5 Å². The summed E-state index contributed by atoms with van der Waals surface area (Å²) in [5, 5.41) is 14.3. The van der Waals surface area contributed by atoms with Crippen molar-refractivity contribution in [1.82, 2.24) is 10.6 Å². The molecule has 0 aromatic carbocycles. The molecule has 1 saturated heterocycles. The first kappa shape index (κ1) is 15.8. The average molecular weight is 272 g/mol. The molecule has 0 aromatic rings. The Morgan fingerprint density at radius 3 is 2.74 bits per heavy atom. The largest absolute Gasteiger partial charge is 0.480 e. The summed E-state index contributed by atoms with van der Waals surface area (Å²) in [7, 11) is 0. The number of amides is 2. The summed E-state index contributed by atoms with van der Waals surface area (Å²) in [4.78, 5) is 22.8. The fourth-order valence-electron chi connectivity index (χ4n) is 2.08. The predicted octanol–water partition coefficient (Wildman–Crippen LogP) is 1.21. The van der Waals surface area contributed by atoms with Crippen molar-refractivity contribution in [3.8, 4) is 0 Å². The van der Waals surface area contributed by atoms with E-state index in [0.717, 1.165) is 19.4 Å². The van der Waals surface area contributed by atoms with Gasteiger partial charge in [0.05, 0.1) is 6.61 Å². The van der Waals surface area contributed by atoms with Crippen molar-refractivity contribution < 1.29 is 19.4 Å². The van der Waals surface area contributed by atoms with Crippen LogP contribution in [0.15, 0.2) is 0 Å². The first-order valence-corrected chi connectivity index (χ1v) is 6.89. The predicted molar refractivity (Wildman–Crippen MR) is 71.0 cm³/mol. The fourth-order valence-corrected chi connectivity index (χ4v) is 2.08. The van der Waals surface area contributed by atoms with Crippen molar-refractivity contribution in [2.24, 2.45) is 11.8 Å². The molecule has 0 aliphatic carbocycles. The van der Waals surface area contributed by atoms with Gasteiger partial charge in [-0.05, 0) is 24.7 Å². The molecule has 6 nitrogen and oxygen atoms in total. The van der Waals surface area contributed by atoms with E-state index in [1.165, 1.54) is 0 Å². The highest BCUT2D eigenvalue weighted by Gasteiger charge is 2.25. The van der Waals surface area contributed by atoms with Crippen LogP contribution in [0.3, 0.4) is 0 Å². The Labute approximate surface area is 113 Å². The van der Waals surface area contributed by atoms with Gasteiger partial charge in [0.15, 0.2) is 0 Å². The molecule has 0 saturated carbocycles. The van der Waals surface area contributed by atoms with E-state index in [-0.39, 0.29) is 5.92 Å². The van der Waals surface area contributed by atoms with E-state index in [4.69, 9.17) is 9.84 Å². The van der Waals surface area contributed by atoms with Crippen molar-refractivity contribution in [1.29, 1.82) is 0 Å². The second-order valence-corrected chi connectivity index (χ2v) is 5.14. The van der Waals surface area contributed by atoms with E-state index < -0.39 is 18.0 Å². The number of rotatable bonds is 6. The van der Waals surface area contributed by atoms with Crippen LogP contribution in [0.2, 0.25) is 0 Å². The molecule has 3 N–H and O–H groups in total. The molecule has 1 heterocycles. The number of carbonyl (C=O) groups excluding carboxylic acids is 1. The number of hydrogen-bond acceptors (Lipinski definition) is 3. The van der Waals surface area contributed by atoms with Gasteiger partial charge in [-0.1, -0.05) is 20.3 Å². The lowest BCUT2D eigenvalue weighted by Crippen LogP contribution is -2.50. The van der Waals surface area contributed by atoms with Crippen LogP contribution in [0.25, 0.3) is 0 Å². The molecule has 1 rings (SSSR count). The number of carboxylic acid groups (broad SMARTS) is 1. The van der Waals surface area contributed by atoms with Gasteiger partial charge in [-0.15, -0.1) is 0 Å². The topological polar surface area (TPSA) is 87.7 Å². The third-order valence-corrected chi connectivity index (χ3v) is 3.57. The van der Waals surface area contributed by atoms with E-state index in [9.17, 15) is 9.59 Å². The van der Waals surface area contributed by atoms with Gasteiger partial charge in [-0.3, -0.25) is 0 Å². The minimum atomic E-state index is -0.995. The molecule has 110 valence electrons. The minimum Gasteiger partial charge on any atom is -0.480 e. The summed E-state index contributed by atoms with van der Waals surface area (Å²) >= 11 is 0. The summed E-state index contributed by atoms with van der Waals surface area (Å²) in [5.41, 5.74) is 0. The van der Waals surface area contributed by atoms with Crippen molar-refractivity contribution in [3.63, 3.8) is 0 Å². The molecule has 0 bridgehead atoms. The van der Waals surface area contributed by atoms with E-state index in [2.05, 4.69) is 10.6 Å². The maximum absolute atomic E-state index is 11.7. The third-order valence-electron chi connectivity index (χ3n) is 3.57. The second kappa shape index (κ2) is 7.99. The lowest BCUT2D eigenvalue weighted by atomic mass is 9.99. The number of urea groups is 1. The number of carboxylic acids is 1. The number of nitrogens with one attached hydrogen (secondary N) is 2. The quantitative estimate of drug-likeness (QED) is 0.678. The smallest absolute Gasteiger partial charge is 0.326 e.